The van der Waals surface area contributed by atoms with Gasteiger partial charge < -0.3 is 14.7 Å². The minimum absolute atomic E-state index is 0.0449. The van der Waals surface area contributed by atoms with Gasteiger partial charge in [-0.3, -0.25) is 9.69 Å². The highest BCUT2D eigenvalue weighted by atomic mass is 19.1. The monoisotopic (exact) mass is 481 g/mol. The zero-order valence-electron chi connectivity index (χ0n) is 21.3. The van der Waals surface area contributed by atoms with Gasteiger partial charge in [0, 0.05) is 49.3 Å². The largest absolute Gasteiger partial charge is 0.472 e. The Bertz CT molecular complexity index is 1080. The molecule has 188 valence electrons. The van der Waals surface area contributed by atoms with Crippen LogP contribution in [0.15, 0.2) is 36.5 Å². The molecule has 0 bridgehead atoms. The Balaban J connectivity index is 1.90. The van der Waals surface area contributed by atoms with E-state index < -0.39 is 0 Å². The van der Waals surface area contributed by atoms with E-state index in [9.17, 15) is 14.3 Å². The number of halogens is 1. The Hall–Kier alpha value is -2.95. The maximum absolute atomic E-state index is 14.2. The number of hydrogen-bond acceptors (Lipinski definition) is 5. The summed E-state index contributed by atoms with van der Waals surface area (Å²) < 4.78 is 20.5. The second kappa shape index (κ2) is 12.1. The van der Waals surface area contributed by atoms with Crippen LogP contribution in [0.5, 0.6) is 5.88 Å². The maximum Gasteiger partial charge on any atom is 0.259 e. The number of rotatable bonds is 7. The number of aliphatic hydroxyl groups is 1. The molecule has 35 heavy (non-hydrogen) atoms. The average molecular weight is 482 g/mol. The standard InChI is InChI=1S/C28H36FN3O3/c1-19(2)9-8-10-22-13-24-27(30-14-22)35-26(20(3)15-32(28(24)34)21(4)18-33)17-31(5)16-23-11-6-7-12-25(23)29/h6-7,11-14,19-21,26,33H,9,15-18H2,1-5H3/t20-,21+,26+/m1/s1. The number of hydrogen-bond donors (Lipinski definition) is 1. The Morgan fingerprint density at radius 3 is 2.74 bits per heavy atom. The highest BCUT2D eigenvalue weighted by Crippen LogP contribution is 2.27. The molecule has 1 aliphatic heterocycles. The summed E-state index contributed by atoms with van der Waals surface area (Å²) in [6.45, 7) is 9.26. The minimum atomic E-state index is -0.358. The summed E-state index contributed by atoms with van der Waals surface area (Å²) in [5, 5.41) is 9.82. The lowest BCUT2D eigenvalue weighted by Crippen LogP contribution is -2.49. The third-order valence-electron chi connectivity index (χ3n) is 6.15. The summed E-state index contributed by atoms with van der Waals surface area (Å²) >= 11 is 0. The van der Waals surface area contributed by atoms with Gasteiger partial charge in [-0.1, -0.05) is 50.8 Å². The van der Waals surface area contributed by atoms with Gasteiger partial charge in [-0.25, -0.2) is 9.37 Å². The van der Waals surface area contributed by atoms with Gasteiger partial charge in [0.15, 0.2) is 0 Å². The predicted molar refractivity (Wildman–Crippen MR) is 134 cm³/mol. The summed E-state index contributed by atoms with van der Waals surface area (Å²) in [5.74, 6) is 6.43. The van der Waals surface area contributed by atoms with Gasteiger partial charge in [-0.15, -0.1) is 0 Å². The van der Waals surface area contributed by atoms with Crippen molar-refractivity contribution in [2.24, 2.45) is 11.8 Å². The first kappa shape index (κ1) is 26.7. The molecule has 0 spiro atoms. The SMILES string of the molecule is CC(C)CC#Cc1cnc2c(c1)C(=O)N([C@@H](C)CO)C[C@@H](C)[C@H](CN(C)Cc1ccccc1F)O2. The van der Waals surface area contributed by atoms with Crippen LogP contribution < -0.4 is 4.74 Å². The molecule has 0 unspecified atom stereocenters. The Labute approximate surface area is 208 Å². The van der Waals surface area contributed by atoms with E-state index in [4.69, 9.17) is 4.74 Å². The molecule has 0 aliphatic carbocycles. The third-order valence-corrected chi connectivity index (χ3v) is 6.15. The van der Waals surface area contributed by atoms with Crippen molar-refractivity contribution in [1.29, 1.82) is 0 Å². The smallest absolute Gasteiger partial charge is 0.259 e. The molecular formula is C28H36FN3O3. The molecule has 1 aromatic carbocycles. The van der Waals surface area contributed by atoms with Gasteiger partial charge in [0.2, 0.25) is 5.88 Å². The Morgan fingerprint density at radius 2 is 2.06 bits per heavy atom. The third kappa shape index (κ3) is 7.03. The van der Waals surface area contributed by atoms with Gasteiger partial charge in [-0.05, 0) is 32.0 Å². The van der Waals surface area contributed by atoms with Crippen molar-refractivity contribution < 1.29 is 19.0 Å². The van der Waals surface area contributed by atoms with E-state index in [0.29, 0.717) is 42.2 Å². The highest BCUT2D eigenvalue weighted by Gasteiger charge is 2.34. The minimum Gasteiger partial charge on any atom is -0.472 e. The molecule has 3 atom stereocenters. The molecule has 0 radical (unpaired) electrons. The molecule has 2 aromatic rings. The highest BCUT2D eigenvalue weighted by molar-refractivity contribution is 5.97. The fourth-order valence-electron chi connectivity index (χ4n) is 4.03. The van der Waals surface area contributed by atoms with Crippen molar-refractivity contribution in [1.82, 2.24) is 14.8 Å². The molecule has 0 saturated carbocycles. The number of nitrogens with zero attached hydrogens (tertiary/aromatic N) is 3. The molecule has 3 rings (SSSR count). The lowest BCUT2D eigenvalue weighted by atomic mass is 9.99. The molecule has 0 saturated heterocycles. The number of benzene rings is 1. The van der Waals surface area contributed by atoms with Gasteiger partial charge in [0.05, 0.1) is 12.6 Å². The molecule has 6 nitrogen and oxygen atoms in total. The zero-order chi connectivity index (χ0) is 25.5. The van der Waals surface area contributed by atoms with Crippen LogP contribution in [0.2, 0.25) is 0 Å². The van der Waals surface area contributed by atoms with Crippen molar-refractivity contribution in [3.05, 3.63) is 59.0 Å². The number of pyridine rings is 1. The quantitative estimate of drug-likeness (QED) is 0.607. The van der Waals surface area contributed by atoms with Crippen LogP contribution in [0.4, 0.5) is 4.39 Å². The topological polar surface area (TPSA) is 65.9 Å². The van der Waals surface area contributed by atoms with Crippen molar-refractivity contribution in [3.63, 3.8) is 0 Å². The van der Waals surface area contributed by atoms with E-state index in [-0.39, 0.29) is 42.3 Å². The fourth-order valence-corrected chi connectivity index (χ4v) is 4.03. The number of carbonyl (C=O) groups is 1. The second-order valence-corrected chi connectivity index (χ2v) is 9.89. The normalized spacial score (nSPS) is 18.9. The van der Waals surface area contributed by atoms with Crippen LogP contribution in [0.25, 0.3) is 0 Å². The summed E-state index contributed by atoms with van der Waals surface area (Å²) in [7, 11) is 1.92. The molecule has 7 heteroatoms. The molecule has 1 aliphatic rings. The van der Waals surface area contributed by atoms with Crippen molar-refractivity contribution >= 4 is 5.91 Å². The number of carbonyl (C=O) groups excluding carboxylic acids is 1. The van der Waals surface area contributed by atoms with E-state index >= 15 is 0 Å². The zero-order valence-corrected chi connectivity index (χ0v) is 21.3. The number of likely N-dealkylation sites (N-methyl/N-ethyl adjacent to an activating group) is 1. The van der Waals surface area contributed by atoms with Gasteiger partial charge in [0.25, 0.3) is 5.91 Å². The fraction of sp³-hybridized carbons (Fsp3) is 0.500. The maximum atomic E-state index is 14.2. The summed E-state index contributed by atoms with van der Waals surface area (Å²) in [4.78, 5) is 21.6. The molecular weight excluding hydrogens is 445 g/mol. The van der Waals surface area contributed by atoms with Gasteiger partial charge in [-0.2, -0.15) is 0 Å². The van der Waals surface area contributed by atoms with Crippen molar-refractivity contribution in [2.45, 2.75) is 52.8 Å². The first-order chi connectivity index (χ1) is 16.7. The van der Waals surface area contributed by atoms with Crippen LogP contribution in [0.3, 0.4) is 0 Å². The van der Waals surface area contributed by atoms with Crippen LogP contribution in [-0.2, 0) is 6.54 Å². The number of aromatic nitrogens is 1. The first-order valence-corrected chi connectivity index (χ1v) is 12.2. The molecule has 1 amide bonds. The van der Waals surface area contributed by atoms with Crippen molar-refractivity contribution in [3.8, 4) is 17.7 Å². The molecule has 1 aromatic heterocycles. The molecule has 1 N–H and O–H groups in total. The second-order valence-electron chi connectivity index (χ2n) is 9.89. The van der Waals surface area contributed by atoms with Crippen LogP contribution >= 0.6 is 0 Å². The average Bonchev–Trinajstić information content (AvgIpc) is 2.82. The van der Waals surface area contributed by atoms with Crippen LogP contribution in [0.1, 0.15) is 55.6 Å². The van der Waals surface area contributed by atoms with Crippen molar-refractivity contribution in [2.75, 3.05) is 26.7 Å². The summed E-state index contributed by atoms with van der Waals surface area (Å²) in [6.07, 6.45) is 2.09. The lowest BCUT2D eigenvalue weighted by Gasteiger charge is -2.37. The van der Waals surface area contributed by atoms with Crippen LogP contribution in [0, 0.1) is 29.5 Å². The van der Waals surface area contributed by atoms with E-state index in [1.165, 1.54) is 6.07 Å². The Kier molecular flexibility index (Phi) is 9.25. The van der Waals surface area contributed by atoms with E-state index in [1.54, 1.807) is 29.3 Å². The van der Waals surface area contributed by atoms with Gasteiger partial charge >= 0.3 is 0 Å². The van der Waals surface area contributed by atoms with E-state index in [0.717, 1.165) is 6.42 Å². The number of fused-ring (bicyclic) bond motifs is 1. The number of ether oxygens (including phenoxy) is 1. The van der Waals surface area contributed by atoms with Crippen LogP contribution in [-0.4, -0.2) is 64.7 Å². The number of aliphatic hydroxyl groups excluding tert-OH is 1. The predicted octanol–water partition coefficient (Wildman–Crippen LogP) is 3.97. The Morgan fingerprint density at radius 1 is 1.31 bits per heavy atom. The molecule has 0 fully saturated rings. The first-order valence-electron chi connectivity index (χ1n) is 12.2. The van der Waals surface area contributed by atoms with E-state index in [1.807, 2.05) is 31.9 Å². The number of amides is 1. The lowest BCUT2D eigenvalue weighted by molar-refractivity contribution is 0.0324. The summed E-state index contributed by atoms with van der Waals surface area (Å²) in [5.41, 5.74) is 1.61. The van der Waals surface area contributed by atoms with Gasteiger partial charge in [0.1, 0.15) is 17.5 Å². The summed E-state index contributed by atoms with van der Waals surface area (Å²) in [6, 6.07) is 8.10. The molecule has 2 heterocycles. The van der Waals surface area contributed by atoms with E-state index in [2.05, 4.69) is 30.7 Å².